The highest BCUT2D eigenvalue weighted by molar-refractivity contribution is 6.31. The standard InChI is InChI=1S/C16H18ClN/c17-14-7-8-15-13(9-10-18-16(15)11-14)6-5-12-3-1-2-4-12/h7-12H,1-6H2. The van der Waals surface area contributed by atoms with Crippen LogP contribution in [-0.4, -0.2) is 4.98 Å². The number of fused-ring (bicyclic) bond motifs is 1. The molecule has 1 heterocycles. The molecule has 1 aromatic carbocycles. The number of aromatic nitrogens is 1. The summed E-state index contributed by atoms with van der Waals surface area (Å²) >= 11 is 6.01. The maximum Gasteiger partial charge on any atom is 0.0719 e. The number of aryl methyl sites for hydroxylation is 1. The maximum absolute atomic E-state index is 6.01. The van der Waals surface area contributed by atoms with Crippen molar-refractivity contribution in [2.24, 2.45) is 5.92 Å². The first-order chi connectivity index (χ1) is 8.83. The minimum atomic E-state index is 0.767. The lowest BCUT2D eigenvalue weighted by atomic mass is 9.96. The average molecular weight is 260 g/mol. The number of benzene rings is 1. The van der Waals surface area contributed by atoms with E-state index in [0.717, 1.165) is 16.5 Å². The second-order valence-electron chi connectivity index (χ2n) is 5.32. The summed E-state index contributed by atoms with van der Waals surface area (Å²) in [6.07, 6.45) is 10.1. The molecule has 0 spiro atoms. The summed E-state index contributed by atoms with van der Waals surface area (Å²) in [7, 11) is 0. The van der Waals surface area contributed by atoms with Crippen LogP contribution >= 0.6 is 11.6 Å². The SMILES string of the molecule is Clc1ccc2c(CCC3CCCC3)ccnc2c1. The van der Waals surface area contributed by atoms with Crippen molar-refractivity contribution < 1.29 is 0 Å². The third-order valence-electron chi connectivity index (χ3n) is 4.09. The maximum atomic E-state index is 6.01. The Labute approximate surface area is 113 Å². The number of halogens is 1. The van der Waals surface area contributed by atoms with Crippen molar-refractivity contribution in [3.8, 4) is 0 Å². The molecule has 1 aliphatic rings. The van der Waals surface area contributed by atoms with Crippen LogP contribution in [0.2, 0.25) is 5.02 Å². The minimum absolute atomic E-state index is 0.767. The van der Waals surface area contributed by atoms with Crippen molar-refractivity contribution in [3.05, 3.63) is 41.0 Å². The third-order valence-corrected chi connectivity index (χ3v) is 4.33. The zero-order valence-electron chi connectivity index (χ0n) is 10.5. The molecule has 1 saturated carbocycles. The van der Waals surface area contributed by atoms with E-state index in [-0.39, 0.29) is 0 Å². The van der Waals surface area contributed by atoms with Gasteiger partial charge in [-0.2, -0.15) is 0 Å². The quantitative estimate of drug-likeness (QED) is 0.755. The van der Waals surface area contributed by atoms with E-state index in [2.05, 4.69) is 17.1 Å². The van der Waals surface area contributed by atoms with Crippen LogP contribution in [0.4, 0.5) is 0 Å². The highest BCUT2D eigenvalue weighted by atomic mass is 35.5. The van der Waals surface area contributed by atoms with Gasteiger partial charge < -0.3 is 0 Å². The van der Waals surface area contributed by atoms with E-state index in [9.17, 15) is 0 Å². The Hall–Kier alpha value is -1.08. The molecular formula is C16H18ClN. The number of hydrogen-bond donors (Lipinski definition) is 0. The zero-order chi connectivity index (χ0) is 12.4. The lowest BCUT2D eigenvalue weighted by Crippen LogP contribution is -1.97. The van der Waals surface area contributed by atoms with Crippen molar-refractivity contribution in [1.29, 1.82) is 0 Å². The fraction of sp³-hybridized carbons (Fsp3) is 0.438. The molecule has 0 aliphatic heterocycles. The zero-order valence-corrected chi connectivity index (χ0v) is 11.3. The van der Waals surface area contributed by atoms with Gasteiger partial charge in [-0.1, -0.05) is 43.4 Å². The Balaban J connectivity index is 1.82. The molecule has 1 fully saturated rings. The molecule has 3 rings (SSSR count). The van der Waals surface area contributed by atoms with E-state index in [0.29, 0.717) is 0 Å². The van der Waals surface area contributed by atoms with Gasteiger partial charge in [0.05, 0.1) is 5.52 Å². The van der Waals surface area contributed by atoms with Gasteiger partial charge in [0, 0.05) is 16.6 Å². The summed E-state index contributed by atoms with van der Waals surface area (Å²) in [5, 5.41) is 2.03. The van der Waals surface area contributed by atoms with Crippen LogP contribution in [0.5, 0.6) is 0 Å². The Morgan fingerprint density at radius 2 is 2.00 bits per heavy atom. The molecule has 2 heteroatoms. The predicted octanol–water partition coefficient (Wildman–Crippen LogP) is 5.01. The monoisotopic (exact) mass is 259 g/mol. The summed E-state index contributed by atoms with van der Waals surface area (Å²) in [5.41, 5.74) is 2.44. The summed E-state index contributed by atoms with van der Waals surface area (Å²) in [6.45, 7) is 0. The largest absolute Gasteiger partial charge is 0.256 e. The second-order valence-corrected chi connectivity index (χ2v) is 5.76. The molecule has 0 radical (unpaired) electrons. The fourth-order valence-electron chi connectivity index (χ4n) is 3.06. The van der Waals surface area contributed by atoms with E-state index in [1.807, 2.05) is 18.3 Å². The molecule has 0 unspecified atom stereocenters. The normalized spacial score (nSPS) is 16.5. The number of pyridine rings is 1. The van der Waals surface area contributed by atoms with Gasteiger partial charge in [0.25, 0.3) is 0 Å². The lowest BCUT2D eigenvalue weighted by Gasteiger charge is -2.10. The van der Waals surface area contributed by atoms with Crippen molar-refractivity contribution in [1.82, 2.24) is 4.98 Å². The molecule has 0 bridgehead atoms. The van der Waals surface area contributed by atoms with Crippen LogP contribution in [-0.2, 0) is 6.42 Å². The van der Waals surface area contributed by atoms with Gasteiger partial charge in [-0.15, -0.1) is 0 Å². The third kappa shape index (κ3) is 2.51. The summed E-state index contributed by atoms with van der Waals surface area (Å²) in [6, 6.07) is 8.18. The molecule has 1 nitrogen and oxygen atoms in total. The number of rotatable bonds is 3. The summed E-state index contributed by atoms with van der Waals surface area (Å²) in [4.78, 5) is 4.40. The first kappa shape index (κ1) is 12.0. The molecule has 2 aromatic rings. The van der Waals surface area contributed by atoms with Crippen LogP contribution in [0.3, 0.4) is 0 Å². The van der Waals surface area contributed by atoms with E-state index in [4.69, 9.17) is 11.6 Å². The molecule has 1 aliphatic carbocycles. The molecule has 94 valence electrons. The molecule has 1 aromatic heterocycles. The molecule has 0 atom stereocenters. The van der Waals surface area contributed by atoms with Gasteiger partial charge in [-0.05, 0) is 42.5 Å². The van der Waals surface area contributed by atoms with Gasteiger partial charge in [-0.3, -0.25) is 4.98 Å². The average Bonchev–Trinajstić information content (AvgIpc) is 2.89. The van der Waals surface area contributed by atoms with Gasteiger partial charge in [0.1, 0.15) is 0 Å². The van der Waals surface area contributed by atoms with E-state index in [1.54, 1.807) is 0 Å². The van der Waals surface area contributed by atoms with Gasteiger partial charge >= 0.3 is 0 Å². The Morgan fingerprint density at radius 3 is 2.83 bits per heavy atom. The highest BCUT2D eigenvalue weighted by Crippen LogP contribution is 2.30. The van der Waals surface area contributed by atoms with Crippen LogP contribution < -0.4 is 0 Å². The van der Waals surface area contributed by atoms with E-state index >= 15 is 0 Å². The lowest BCUT2D eigenvalue weighted by molar-refractivity contribution is 0.504. The van der Waals surface area contributed by atoms with Crippen molar-refractivity contribution in [3.63, 3.8) is 0 Å². The Morgan fingerprint density at radius 1 is 1.17 bits per heavy atom. The summed E-state index contributed by atoms with van der Waals surface area (Å²) < 4.78 is 0. The van der Waals surface area contributed by atoms with Crippen LogP contribution in [0.15, 0.2) is 30.5 Å². The second kappa shape index (κ2) is 5.27. The van der Waals surface area contributed by atoms with Crippen LogP contribution in [0.1, 0.15) is 37.7 Å². The number of nitrogens with zero attached hydrogens (tertiary/aromatic N) is 1. The van der Waals surface area contributed by atoms with Gasteiger partial charge in [-0.25, -0.2) is 0 Å². The van der Waals surface area contributed by atoms with Crippen molar-refractivity contribution >= 4 is 22.5 Å². The molecule has 18 heavy (non-hydrogen) atoms. The Kier molecular flexibility index (Phi) is 3.51. The summed E-state index contributed by atoms with van der Waals surface area (Å²) in [5.74, 6) is 0.945. The molecule has 0 N–H and O–H groups in total. The fourth-order valence-corrected chi connectivity index (χ4v) is 3.22. The number of hydrogen-bond acceptors (Lipinski definition) is 1. The first-order valence-electron chi connectivity index (χ1n) is 6.86. The van der Waals surface area contributed by atoms with Gasteiger partial charge in [0.15, 0.2) is 0 Å². The smallest absolute Gasteiger partial charge is 0.0719 e. The topological polar surface area (TPSA) is 12.9 Å². The Bertz CT molecular complexity index is 544. The first-order valence-corrected chi connectivity index (χ1v) is 7.24. The molecule has 0 amide bonds. The van der Waals surface area contributed by atoms with E-state index in [1.165, 1.54) is 49.5 Å². The minimum Gasteiger partial charge on any atom is -0.256 e. The predicted molar refractivity (Wildman–Crippen MR) is 77.0 cm³/mol. The molecular weight excluding hydrogens is 242 g/mol. The van der Waals surface area contributed by atoms with Crippen molar-refractivity contribution in [2.75, 3.05) is 0 Å². The van der Waals surface area contributed by atoms with Crippen molar-refractivity contribution in [2.45, 2.75) is 38.5 Å². The van der Waals surface area contributed by atoms with E-state index < -0.39 is 0 Å². The van der Waals surface area contributed by atoms with Crippen LogP contribution in [0.25, 0.3) is 10.9 Å². The highest BCUT2D eigenvalue weighted by Gasteiger charge is 2.15. The van der Waals surface area contributed by atoms with Crippen LogP contribution in [0, 0.1) is 5.92 Å². The van der Waals surface area contributed by atoms with Gasteiger partial charge in [0.2, 0.25) is 0 Å². The molecule has 0 saturated heterocycles.